The Bertz CT molecular complexity index is 1520. The second-order valence-corrected chi connectivity index (χ2v) is 7.91. The Hall–Kier alpha value is -4.98. The summed E-state index contributed by atoms with van der Waals surface area (Å²) in [6, 6.07) is 27.2. The van der Waals surface area contributed by atoms with Crippen molar-refractivity contribution in [3.63, 3.8) is 0 Å². The Morgan fingerprint density at radius 1 is 0.917 bits per heavy atom. The first kappa shape index (κ1) is 22.8. The van der Waals surface area contributed by atoms with Crippen molar-refractivity contribution in [1.29, 1.82) is 0 Å². The van der Waals surface area contributed by atoms with Crippen molar-refractivity contribution in [3.8, 4) is 17.0 Å². The predicted molar refractivity (Wildman–Crippen MR) is 135 cm³/mol. The van der Waals surface area contributed by atoms with Crippen LogP contribution in [0.15, 0.2) is 103 Å². The molecular formula is C28H22N4O4. The molecule has 0 spiro atoms. The zero-order chi connectivity index (χ0) is 24.9. The van der Waals surface area contributed by atoms with Gasteiger partial charge in [0, 0.05) is 29.1 Å². The fraction of sp³-hybridized carbons (Fsp3) is 0.0714. The number of hydrogen-bond acceptors (Lipinski definition) is 6. The van der Waals surface area contributed by atoms with Gasteiger partial charge in [-0.3, -0.25) is 4.79 Å². The van der Waals surface area contributed by atoms with Crippen molar-refractivity contribution in [1.82, 2.24) is 14.6 Å². The summed E-state index contributed by atoms with van der Waals surface area (Å²) in [4.78, 5) is 30.9. The molecule has 0 saturated heterocycles. The first-order valence-electron chi connectivity index (χ1n) is 11.2. The maximum absolute atomic E-state index is 13.3. The molecule has 0 aliphatic rings. The second-order valence-electron chi connectivity index (χ2n) is 7.91. The van der Waals surface area contributed by atoms with Gasteiger partial charge in [-0.1, -0.05) is 66.7 Å². The van der Waals surface area contributed by atoms with Crippen molar-refractivity contribution < 1.29 is 19.1 Å². The Balaban J connectivity index is 1.45. The van der Waals surface area contributed by atoms with Gasteiger partial charge in [-0.25, -0.2) is 14.3 Å². The number of amides is 1. The molecule has 0 fully saturated rings. The number of rotatable bonds is 7. The molecule has 0 radical (unpaired) electrons. The highest BCUT2D eigenvalue weighted by atomic mass is 16.5. The quantitative estimate of drug-likeness (QED) is 0.333. The first-order valence-corrected chi connectivity index (χ1v) is 11.2. The number of aromatic nitrogens is 3. The van der Waals surface area contributed by atoms with Gasteiger partial charge in [-0.05, 0) is 18.2 Å². The molecule has 1 atom stereocenters. The monoisotopic (exact) mass is 478 g/mol. The molecule has 1 amide bonds. The summed E-state index contributed by atoms with van der Waals surface area (Å²) >= 11 is 0. The lowest BCUT2D eigenvalue weighted by Gasteiger charge is -2.18. The highest BCUT2D eigenvalue weighted by molar-refractivity contribution is 6.00. The van der Waals surface area contributed by atoms with Crippen LogP contribution in [0.2, 0.25) is 0 Å². The van der Waals surface area contributed by atoms with Crippen molar-refractivity contribution >= 4 is 23.2 Å². The molecule has 0 bridgehead atoms. The molecule has 5 rings (SSSR count). The van der Waals surface area contributed by atoms with Gasteiger partial charge in [0.05, 0.1) is 19.0 Å². The molecule has 5 aromatic rings. The molecule has 2 heterocycles. The van der Waals surface area contributed by atoms with Crippen LogP contribution in [0.1, 0.15) is 22.0 Å². The van der Waals surface area contributed by atoms with Crippen LogP contribution in [-0.2, 0) is 9.53 Å². The minimum absolute atomic E-state index is 0.155. The second kappa shape index (κ2) is 10.1. The lowest BCUT2D eigenvalue weighted by atomic mass is 10.1. The van der Waals surface area contributed by atoms with E-state index in [1.54, 1.807) is 66.4 Å². The van der Waals surface area contributed by atoms with Gasteiger partial charge in [0.1, 0.15) is 11.3 Å². The molecule has 3 aromatic carbocycles. The van der Waals surface area contributed by atoms with E-state index in [1.807, 2.05) is 42.5 Å². The minimum atomic E-state index is -1.20. The van der Waals surface area contributed by atoms with Crippen molar-refractivity contribution in [2.75, 3.05) is 12.4 Å². The molecule has 36 heavy (non-hydrogen) atoms. The lowest BCUT2D eigenvalue weighted by Crippen LogP contribution is -2.26. The van der Waals surface area contributed by atoms with E-state index in [2.05, 4.69) is 15.4 Å². The Morgan fingerprint density at radius 2 is 1.67 bits per heavy atom. The molecular weight excluding hydrogens is 456 g/mol. The van der Waals surface area contributed by atoms with E-state index in [9.17, 15) is 9.59 Å². The van der Waals surface area contributed by atoms with E-state index in [0.29, 0.717) is 22.6 Å². The van der Waals surface area contributed by atoms with E-state index >= 15 is 0 Å². The summed E-state index contributed by atoms with van der Waals surface area (Å²) in [6.45, 7) is 0. The number of nitrogens with zero attached hydrogens (tertiary/aromatic N) is 3. The van der Waals surface area contributed by atoms with E-state index in [-0.39, 0.29) is 5.56 Å². The lowest BCUT2D eigenvalue weighted by molar-refractivity contribution is -0.125. The summed E-state index contributed by atoms with van der Waals surface area (Å²) in [6.07, 6.45) is 1.82. The number of benzene rings is 3. The number of esters is 1. The molecule has 0 saturated carbocycles. The third kappa shape index (κ3) is 4.65. The number of ether oxygens (including phenoxy) is 2. The van der Waals surface area contributed by atoms with Crippen LogP contribution in [0, 0.1) is 0 Å². The smallest absolute Gasteiger partial charge is 0.344 e. The zero-order valence-electron chi connectivity index (χ0n) is 19.4. The van der Waals surface area contributed by atoms with Crippen LogP contribution < -0.4 is 10.1 Å². The summed E-state index contributed by atoms with van der Waals surface area (Å²) in [7, 11) is 1.54. The minimum Gasteiger partial charge on any atom is -0.497 e. The molecule has 0 aliphatic heterocycles. The molecule has 178 valence electrons. The Labute approximate surface area is 207 Å². The average molecular weight is 479 g/mol. The predicted octanol–water partition coefficient (Wildman–Crippen LogP) is 4.94. The van der Waals surface area contributed by atoms with Crippen molar-refractivity contribution in [2.24, 2.45) is 0 Å². The van der Waals surface area contributed by atoms with Gasteiger partial charge in [-0.2, -0.15) is 5.10 Å². The molecule has 8 heteroatoms. The van der Waals surface area contributed by atoms with Gasteiger partial charge < -0.3 is 14.8 Å². The van der Waals surface area contributed by atoms with Gasteiger partial charge in [0.2, 0.25) is 6.10 Å². The number of nitrogens with one attached hydrogen (secondary N) is 1. The fourth-order valence-electron chi connectivity index (χ4n) is 3.84. The maximum Gasteiger partial charge on any atom is 0.344 e. The van der Waals surface area contributed by atoms with Gasteiger partial charge in [0.25, 0.3) is 5.91 Å². The van der Waals surface area contributed by atoms with Crippen LogP contribution in [-0.4, -0.2) is 33.6 Å². The van der Waals surface area contributed by atoms with E-state index in [1.165, 1.54) is 6.20 Å². The number of anilines is 1. The maximum atomic E-state index is 13.3. The van der Waals surface area contributed by atoms with E-state index in [4.69, 9.17) is 9.47 Å². The summed E-state index contributed by atoms with van der Waals surface area (Å²) in [5, 5.41) is 7.17. The molecule has 0 aliphatic carbocycles. The van der Waals surface area contributed by atoms with Gasteiger partial charge in [-0.15, -0.1) is 0 Å². The number of carbonyl (C=O) groups excluding carboxylic acids is 2. The van der Waals surface area contributed by atoms with Crippen LogP contribution >= 0.6 is 0 Å². The number of hydrogen-bond donors (Lipinski definition) is 1. The van der Waals surface area contributed by atoms with E-state index < -0.39 is 18.0 Å². The SMILES string of the molecule is COc1cccc(NC(=O)C(OC(=O)c2cnn3c(-c4ccccc4)ccnc23)c2ccccc2)c1. The number of carbonyl (C=O) groups is 2. The molecule has 8 nitrogen and oxygen atoms in total. The van der Waals surface area contributed by atoms with Gasteiger partial charge in [0.15, 0.2) is 5.65 Å². The number of methoxy groups -OCH3 is 1. The van der Waals surface area contributed by atoms with E-state index in [0.717, 1.165) is 11.3 Å². The largest absolute Gasteiger partial charge is 0.497 e. The van der Waals surface area contributed by atoms with Crippen molar-refractivity contribution in [3.05, 3.63) is 115 Å². The fourth-order valence-corrected chi connectivity index (χ4v) is 3.84. The van der Waals surface area contributed by atoms with Crippen LogP contribution in [0.25, 0.3) is 16.9 Å². The standard InChI is InChI=1S/C28H22N4O4/c1-35-22-14-8-13-21(17-22)31-27(33)25(20-11-6-3-7-12-20)36-28(34)23-18-30-32-24(15-16-29-26(23)32)19-9-4-2-5-10-19/h2-18,25H,1H3,(H,31,33). The van der Waals surface area contributed by atoms with Crippen LogP contribution in [0.4, 0.5) is 5.69 Å². The number of fused-ring (bicyclic) bond motifs is 1. The van der Waals surface area contributed by atoms with Crippen molar-refractivity contribution in [2.45, 2.75) is 6.10 Å². The van der Waals surface area contributed by atoms with Crippen LogP contribution in [0.3, 0.4) is 0 Å². The summed E-state index contributed by atoms with van der Waals surface area (Å²) in [5.41, 5.74) is 3.23. The topological polar surface area (TPSA) is 94.8 Å². The van der Waals surface area contributed by atoms with Gasteiger partial charge >= 0.3 is 5.97 Å². The first-order chi connectivity index (χ1) is 17.6. The normalized spacial score (nSPS) is 11.6. The molecule has 2 aromatic heterocycles. The summed E-state index contributed by atoms with van der Waals surface area (Å²) in [5.74, 6) is -0.623. The third-order valence-corrected chi connectivity index (χ3v) is 5.59. The highest BCUT2D eigenvalue weighted by Crippen LogP contribution is 2.25. The highest BCUT2D eigenvalue weighted by Gasteiger charge is 2.28. The average Bonchev–Trinajstić information content (AvgIpc) is 3.37. The molecule has 1 unspecified atom stereocenters. The summed E-state index contributed by atoms with van der Waals surface area (Å²) < 4.78 is 12.6. The third-order valence-electron chi connectivity index (χ3n) is 5.59. The molecule has 1 N–H and O–H groups in total. The Morgan fingerprint density at radius 3 is 2.42 bits per heavy atom. The zero-order valence-corrected chi connectivity index (χ0v) is 19.4. The Kier molecular flexibility index (Phi) is 6.40. The van der Waals surface area contributed by atoms with Crippen LogP contribution in [0.5, 0.6) is 5.75 Å².